The number of alkyl carbamates (subject to hydrolysis) is 1. The zero-order valence-corrected chi connectivity index (χ0v) is 19.2. The maximum atomic E-state index is 13.0. The molecule has 168 valence electrons. The van der Waals surface area contributed by atoms with Crippen LogP contribution in [0, 0.1) is 6.92 Å². The Morgan fingerprint density at radius 2 is 1.75 bits per heavy atom. The summed E-state index contributed by atoms with van der Waals surface area (Å²) in [5.74, 6) is -0.0811. The van der Waals surface area contributed by atoms with Gasteiger partial charge in [-0.2, -0.15) is 0 Å². The zero-order chi connectivity index (χ0) is 23.6. The quantitative estimate of drug-likeness (QED) is 0.425. The van der Waals surface area contributed by atoms with E-state index in [-0.39, 0.29) is 16.8 Å². The average molecular weight is 458 g/mol. The van der Waals surface area contributed by atoms with Crippen LogP contribution in [0.3, 0.4) is 0 Å². The summed E-state index contributed by atoms with van der Waals surface area (Å²) < 4.78 is 16.3. The SMILES string of the molecule is Cc1oc2cc(OC(=O)[C@H](C)NC(=O)OC(C)(C)C)ccc2c(=O)c1-c1ccc(Cl)cc1. The molecule has 7 nitrogen and oxygen atoms in total. The molecule has 1 aromatic heterocycles. The lowest BCUT2D eigenvalue weighted by Gasteiger charge is -2.21. The molecule has 0 spiro atoms. The Kier molecular flexibility index (Phi) is 6.60. The Labute approximate surface area is 190 Å². The van der Waals surface area contributed by atoms with Crippen molar-refractivity contribution < 1.29 is 23.5 Å². The molecule has 0 saturated heterocycles. The molecule has 0 fully saturated rings. The lowest BCUT2D eigenvalue weighted by atomic mass is 10.0. The maximum Gasteiger partial charge on any atom is 0.408 e. The number of amides is 1. The van der Waals surface area contributed by atoms with E-state index in [0.29, 0.717) is 27.3 Å². The van der Waals surface area contributed by atoms with Gasteiger partial charge < -0.3 is 19.2 Å². The summed E-state index contributed by atoms with van der Waals surface area (Å²) in [7, 11) is 0. The molecule has 0 aliphatic rings. The molecule has 1 atom stereocenters. The third kappa shape index (κ3) is 5.48. The van der Waals surface area contributed by atoms with Gasteiger partial charge in [0.1, 0.15) is 28.7 Å². The zero-order valence-electron chi connectivity index (χ0n) is 18.4. The molecule has 0 aliphatic heterocycles. The molecule has 3 rings (SSSR count). The highest BCUT2D eigenvalue weighted by molar-refractivity contribution is 6.30. The minimum absolute atomic E-state index is 0.183. The number of fused-ring (bicyclic) bond motifs is 1. The standard InChI is InChI=1S/C24H24ClNO6/c1-13(26-23(29)32-24(3,4)5)22(28)31-17-10-11-18-19(12-17)30-14(2)20(21(18)27)15-6-8-16(25)9-7-15/h6-13H,1-5H3,(H,26,29)/t13-/m0/s1. The Hall–Kier alpha value is -3.32. The van der Waals surface area contributed by atoms with Crippen molar-refractivity contribution in [3.05, 3.63) is 63.5 Å². The summed E-state index contributed by atoms with van der Waals surface area (Å²) in [5.41, 5.74) is 0.521. The van der Waals surface area contributed by atoms with E-state index in [1.807, 2.05) is 0 Å². The Morgan fingerprint density at radius 3 is 2.38 bits per heavy atom. The van der Waals surface area contributed by atoms with Crippen LogP contribution in [-0.4, -0.2) is 23.7 Å². The van der Waals surface area contributed by atoms with E-state index in [0.717, 1.165) is 0 Å². The second-order valence-corrected chi connectivity index (χ2v) is 8.75. The number of hydrogen-bond acceptors (Lipinski definition) is 6. The van der Waals surface area contributed by atoms with E-state index in [9.17, 15) is 14.4 Å². The van der Waals surface area contributed by atoms with Crippen molar-refractivity contribution in [1.82, 2.24) is 5.32 Å². The van der Waals surface area contributed by atoms with Crippen molar-refractivity contribution in [2.45, 2.75) is 46.3 Å². The molecule has 0 radical (unpaired) electrons. The van der Waals surface area contributed by atoms with Gasteiger partial charge in [0, 0.05) is 11.1 Å². The Morgan fingerprint density at radius 1 is 1.09 bits per heavy atom. The Bertz CT molecular complexity index is 1220. The first-order chi connectivity index (χ1) is 14.9. The van der Waals surface area contributed by atoms with E-state index in [2.05, 4.69) is 5.32 Å². The van der Waals surface area contributed by atoms with Crippen molar-refractivity contribution in [3.8, 4) is 16.9 Å². The summed E-state index contributed by atoms with van der Waals surface area (Å²) in [6, 6.07) is 10.5. The highest BCUT2D eigenvalue weighted by Crippen LogP contribution is 2.27. The highest BCUT2D eigenvalue weighted by Gasteiger charge is 2.23. The molecule has 0 saturated carbocycles. The summed E-state index contributed by atoms with van der Waals surface area (Å²) in [5, 5.41) is 3.34. The third-order valence-corrected chi connectivity index (χ3v) is 4.73. The minimum Gasteiger partial charge on any atom is -0.460 e. The summed E-state index contributed by atoms with van der Waals surface area (Å²) in [6.07, 6.45) is -0.725. The van der Waals surface area contributed by atoms with Crippen molar-refractivity contribution in [3.63, 3.8) is 0 Å². The van der Waals surface area contributed by atoms with Crippen LogP contribution >= 0.6 is 11.6 Å². The van der Waals surface area contributed by atoms with Crippen LogP contribution in [0.15, 0.2) is 51.7 Å². The number of ether oxygens (including phenoxy) is 2. The van der Waals surface area contributed by atoms with Crippen LogP contribution in [0.1, 0.15) is 33.5 Å². The first-order valence-electron chi connectivity index (χ1n) is 9.99. The topological polar surface area (TPSA) is 94.8 Å². The monoisotopic (exact) mass is 457 g/mol. The minimum atomic E-state index is -0.943. The summed E-state index contributed by atoms with van der Waals surface area (Å²) in [4.78, 5) is 37.2. The molecular weight excluding hydrogens is 434 g/mol. The predicted molar refractivity (Wildman–Crippen MR) is 122 cm³/mol. The van der Waals surface area contributed by atoms with Crippen molar-refractivity contribution >= 4 is 34.6 Å². The maximum absolute atomic E-state index is 13.0. The van der Waals surface area contributed by atoms with E-state index >= 15 is 0 Å². The van der Waals surface area contributed by atoms with Gasteiger partial charge in [0.05, 0.1) is 10.9 Å². The van der Waals surface area contributed by atoms with Crippen LogP contribution in [0.5, 0.6) is 5.75 Å². The number of carbonyl (C=O) groups is 2. The van der Waals surface area contributed by atoms with Gasteiger partial charge in [-0.3, -0.25) is 4.79 Å². The van der Waals surface area contributed by atoms with Gasteiger partial charge >= 0.3 is 12.1 Å². The number of benzene rings is 2. The molecule has 1 N–H and O–H groups in total. The molecule has 2 aromatic carbocycles. The van der Waals surface area contributed by atoms with Crippen LogP contribution in [0.2, 0.25) is 5.02 Å². The molecular formula is C24H24ClNO6. The van der Waals surface area contributed by atoms with Crippen molar-refractivity contribution in [1.29, 1.82) is 0 Å². The van der Waals surface area contributed by atoms with E-state index in [1.54, 1.807) is 52.0 Å². The van der Waals surface area contributed by atoms with Gasteiger partial charge in [-0.25, -0.2) is 9.59 Å². The van der Waals surface area contributed by atoms with Gasteiger partial charge in [-0.1, -0.05) is 23.7 Å². The fourth-order valence-electron chi connectivity index (χ4n) is 3.05. The van der Waals surface area contributed by atoms with E-state index in [4.69, 9.17) is 25.5 Å². The third-order valence-electron chi connectivity index (χ3n) is 4.48. The van der Waals surface area contributed by atoms with E-state index < -0.39 is 23.7 Å². The van der Waals surface area contributed by atoms with E-state index in [1.165, 1.54) is 25.1 Å². The van der Waals surface area contributed by atoms with Crippen molar-refractivity contribution in [2.75, 3.05) is 0 Å². The van der Waals surface area contributed by atoms with Gasteiger partial charge in [0.15, 0.2) is 0 Å². The van der Waals surface area contributed by atoms with Crippen LogP contribution in [0.25, 0.3) is 22.1 Å². The smallest absolute Gasteiger partial charge is 0.408 e. The molecule has 0 unspecified atom stereocenters. The number of aryl methyl sites for hydroxylation is 1. The number of halogens is 1. The van der Waals surface area contributed by atoms with Gasteiger partial charge in [-0.05, 0) is 64.4 Å². The normalized spacial score (nSPS) is 12.3. The first-order valence-corrected chi connectivity index (χ1v) is 10.4. The molecule has 1 heterocycles. The fraction of sp³-hybridized carbons (Fsp3) is 0.292. The highest BCUT2D eigenvalue weighted by atomic mass is 35.5. The molecule has 0 bridgehead atoms. The summed E-state index contributed by atoms with van der Waals surface area (Å²) in [6.45, 7) is 8.34. The van der Waals surface area contributed by atoms with Gasteiger partial charge in [-0.15, -0.1) is 0 Å². The second-order valence-electron chi connectivity index (χ2n) is 8.32. The van der Waals surface area contributed by atoms with Gasteiger partial charge in [0.25, 0.3) is 0 Å². The average Bonchev–Trinajstić information content (AvgIpc) is 2.67. The molecule has 32 heavy (non-hydrogen) atoms. The lowest BCUT2D eigenvalue weighted by Crippen LogP contribution is -2.43. The van der Waals surface area contributed by atoms with Crippen LogP contribution in [-0.2, 0) is 9.53 Å². The van der Waals surface area contributed by atoms with Crippen LogP contribution < -0.4 is 15.5 Å². The largest absolute Gasteiger partial charge is 0.460 e. The molecule has 0 aliphatic carbocycles. The second kappa shape index (κ2) is 9.04. The number of nitrogens with one attached hydrogen (secondary N) is 1. The van der Waals surface area contributed by atoms with Crippen LogP contribution in [0.4, 0.5) is 4.79 Å². The molecule has 3 aromatic rings. The van der Waals surface area contributed by atoms with Crippen molar-refractivity contribution in [2.24, 2.45) is 0 Å². The Balaban J connectivity index is 1.82. The molecule has 1 amide bonds. The number of rotatable bonds is 4. The number of hydrogen-bond donors (Lipinski definition) is 1. The predicted octanol–water partition coefficient (Wildman–Crippen LogP) is 5.24. The fourth-order valence-corrected chi connectivity index (χ4v) is 3.17. The summed E-state index contributed by atoms with van der Waals surface area (Å²) >= 11 is 5.94. The molecule has 8 heteroatoms. The number of esters is 1. The lowest BCUT2D eigenvalue weighted by molar-refractivity contribution is -0.136. The number of carbonyl (C=O) groups excluding carboxylic acids is 2. The van der Waals surface area contributed by atoms with Gasteiger partial charge in [0.2, 0.25) is 5.43 Å². The first kappa shape index (κ1) is 23.3.